The Morgan fingerprint density at radius 3 is 1.67 bits per heavy atom. The normalized spacial score (nSPS) is 12.4. The Labute approximate surface area is 247 Å². The number of rotatable bonds is 2. The fourth-order valence-electron chi connectivity index (χ4n) is 5.94. The molecular weight excluding hydrogens is 563 g/mol. The number of fused-ring (bicyclic) bond motifs is 6. The molecule has 42 heavy (non-hydrogen) atoms. The third kappa shape index (κ3) is 4.17. The molecule has 0 amide bonds. The fourth-order valence-corrected chi connectivity index (χ4v) is 9.39. The van der Waals surface area contributed by atoms with Gasteiger partial charge in [-0.05, 0) is 104 Å². The van der Waals surface area contributed by atoms with Crippen molar-refractivity contribution >= 4 is 88.1 Å². The molecule has 0 spiro atoms. The molecule has 194 valence electrons. The van der Waals surface area contributed by atoms with Crippen molar-refractivity contribution in [3.8, 4) is 22.0 Å². The molecule has 0 radical (unpaired) electrons. The number of aromatic nitrogens is 1. The van der Waals surface area contributed by atoms with Gasteiger partial charge < -0.3 is 0 Å². The molecule has 0 fully saturated rings. The molecule has 4 heteroatoms. The van der Waals surface area contributed by atoms with Gasteiger partial charge in [0, 0.05) is 30.9 Å². The Bertz CT molecular complexity index is 2360. The maximum atomic E-state index is 5.05. The average Bonchev–Trinajstić information content (AvgIpc) is 3.04. The van der Waals surface area contributed by atoms with E-state index in [1.165, 1.54) is 99.1 Å². The SMILES string of the molecule is c1ccc2cc3pc(-c4ccc5nc6ccc(-c7ccc8cc9ccccc9pc8c7)cc6pc5c4)ccc3cc2c1. The van der Waals surface area contributed by atoms with Gasteiger partial charge in [-0.3, -0.25) is 0 Å². The van der Waals surface area contributed by atoms with E-state index in [-0.39, 0.29) is 0 Å². The second-order valence-electron chi connectivity index (χ2n) is 10.8. The maximum absolute atomic E-state index is 5.05. The van der Waals surface area contributed by atoms with Gasteiger partial charge >= 0.3 is 0 Å². The first-order valence-electron chi connectivity index (χ1n) is 14.1. The van der Waals surface area contributed by atoms with E-state index in [4.69, 9.17) is 4.98 Å². The van der Waals surface area contributed by atoms with Crippen LogP contribution in [0.1, 0.15) is 0 Å². The van der Waals surface area contributed by atoms with Gasteiger partial charge in [0.15, 0.2) is 0 Å². The van der Waals surface area contributed by atoms with Gasteiger partial charge in [-0.1, -0.05) is 97.4 Å². The zero-order chi connectivity index (χ0) is 27.6. The van der Waals surface area contributed by atoms with Gasteiger partial charge in [0.25, 0.3) is 0 Å². The van der Waals surface area contributed by atoms with Crippen molar-refractivity contribution in [1.29, 1.82) is 0 Å². The van der Waals surface area contributed by atoms with E-state index in [2.05, 4.69) is 133 Å². The van der Waals surface area contributed by atoms with E-state index < -0.39 is 0 Å². The monoisotopic (exact) mass is 585 g/mol. The predicted octanol–water partition coefficient (Wildman–Crippen LogP) is 13.1. The topological polar surface area (TPSA) is 12.9 Å². The van der Waals surface area contributed by atoms with Gasteiger partial charge in [-0.25, -0.2) is 4.98 Å². The maximum Gasteiger partial charge on any atom is 0.0756 e. The molecular formula is C38H22NP3. The highest BCUT2D eigenvalue weighted by Gasteiger charge is 2.09. The minimum Gasteiger partial charge on any atom is -0.247 e. The van der Waals surface area contributed by atoms with Crippen LogP contribution in [0, 0.1) is 0 Å². The lowest BCUT2D eigenvalue weighted by atomic mass is 10.0. The molecule has 0 saturated carbocycles. The molecule has 0 atom stereocenters. The molecule has 0 saturated heterocycles. The molecule has 9 aromatic rings. The van der Waals surface area contributed by atoms with Crippen LogP contribution in [0.2, 0.25) is 0 Å². The van der Waals surface area contributed by atoms with Crippen LogP contribution >= 0.6 is 24.6 Å². The molecule has 0 N–H and O–H groups in total. The molecule has 0 aliphatic heterocycles. The van der Waals surface area contributed by atoms with Crippen LogP contribution in [0.4, 0.5) is 0 Å². The zero-order valence-corrected chi connectivity index (χ0v) is 25.2. The van der Waals surface area contributed by atoms with Crippen molar-refractivity contribution in [2.75, 3.05) is 0 Å². The summed E-state index contributed by atoms with van der Waals surface area (Å²) in [6, 6.07) is 49.2. The van der Waals surface area contributed by atoms with E-state index in [0.29, 0.717) is 0 Å². The molecule has 9 rings (SSSR count). The lowest BCUT2D eigenvalue weighted by molar-refractivity contribution is 1.52. The third-order valence-electron chi connectivity index (χ3n) is 8.14. The summed E-state index contributed by atoms with van der Waals surface area (Å²) in [4.78, 5) is 5.05. The first kappa shape index (κ1) is 24.4. The Kier molecular flexibility index (Phi) is 5.60. The van der Waals surface area contributed by atoms with Gasteiger partial charge in [0.2, 0.25) is 0 Å². The summed E-state index contributed by atoms with van der Waals surface area (Å²) in [7, 11) is 3.74. The van der Waals surface area contributed by atoms with Crippen molar-refractivity contribution in [2.45, 2.75) is 0 Å². The summed E-state index contributed by atoms with van der Waals surface area (Å²) in [5, 5.41) is 14.5. The fraction of sp³-hybridized carbons (Fsp3) is 0. The molecule has 3 aromatic heterocycles. The molecule has 0 aliphatic rings. The Hall–Kier alpha value is -4.24. The van der Waals surface area contributed by atoms with Crippen molar-refractivity contribution < 1.29 is 0 Å². The number of hydrogen-bond acceptors (Lipinski definition) is 1. The zero-order valence-electron chi connectivity index (χ0n) is 22.5. The van der Waals surface area contributed by atoms with Crippen LogP contribution in [0.3, 0.4) is 0 Å². The molecule has 1 nitrogen and oxygen atoms in total. The molecule has 0 unspecified atom stereocenters. The van der Waals surface area contributed by atoms with Gasteiger partial charge in [-0.2, -0.15) is 0 Å². The van der Waals surface area contributed by atoms with Gasteiger partial charge in [0.05, 0.1) is 11.0 Å². The number of nitrogens with zero attached hydrogens (tertiary/aromatic N) is 1. The Balaban J connectivity index is 1.13. The Morgan fingerprint density at radius 2 is 0.857 bits per heavy atom. The minimum absolute atomic E-state index is 1.07. The molecule has 3 heterocycles. The molecule has 6 aromatic carbocycles. The van der Waals surface area contributed by atoms with Gasteiger partial charge in [-0.15, -0.1) is 0 Å². The summed E-state index contributed by atoms with van der Waals surface area (Å²) in [5.41, 5.74) is 5.94. The highest BCUT2D eigenvalue weighted by molar-refractivity contribution is 7.43. The second-order valence-corrected chi connectivity index (χ2v) is 14.4. The standard InChI is InChI=1S/C38H22NP3/c1-2-6-24-19-35-29(17-23(24)5-1)13-16-34(41-35)30-12-15-32-38(22-30)42-37-21-26(11-14-31(37)39-32)25-9-10-28-18-27-7-3-4-8-33(27)40-36(28)20-25/h1-22H. The lowest BCUT2D eigenvalue weighted by Crippen LogP contribution is -1.83. The average molecular weight is 586 g/mol. The summed E-state index contributed by atoms with van der Waals surface area (Å²) in [5.74, 6) is 0. The van der Waals surface area contributed by atoms with Crippen LogP contribution in [0.5, 0.6) is 0 Å². The van der Waals surface area contributed by atoms with E-state index in [9.17, 15) is 0 Å². The lowest BCUT2D eigenvalue weighted by Gasteiger charge is -2.09. The third-order valence-corrected chi connectivity index (χ3v) is 11.9. The van der Waals surface area contributed by atoms with E-state index >= 15 is 0 Å². The first-order chi connectivity index (χ1) is 20.7. The minimum atomic E-state index is 1.07. The van der Waals surface area contributed by atoms with Crippen LogP contribution in [0.25, 0.3) is 85.5 Å². The Morgan fingerprint density at radius 1 is 0.333 bits per heavy atom. The van der Waals surface area contributed by atoms with Crippen LogP contribution in [-0.2, 0) is 0 Å². The van der Waals surface area contributed by atoms with E-state index in [1.807, 2.05) is 0 Å². The first-order valence-corrected chi connectivity index (χ1v) is 16.7. The highest BCUT2D eigenvalue weighted by Crippen LogP contribution is 2.41. The smallest absolute Gasteiger partial charge is 0.0756 e. The van der Waals surface area contributed by atoms with E-state index in [0.717, 1.165) is 11.0 Å². The molecule has 0 bridgehead atoms. The van der Waals surface area contributed by atoms with E-state index in [1.54, 1.807) is 0 Å². The van der Waals surface area contributed by atoms with Gasteiger partial charge in [0.1, 0.15) is 0 Å². The second kappa shape index (κ2) is 9.66. The van der Waals surface area contributed by atoms with Crippen LogP contribution in [0.15, 0.2) is 133 Å². The summed E-state index contributed by atoms with van der Waals surface area (Å²) in [6.45, 7) is 0. The summed E-state index contributed by atoms with van der Waals surface area (Å²) >= 11 is 0. The van der Waals surface area contributed by atoms with Crippen molar-refractivity contribution in [3.63, 3.8) is 0 Å². The van der Waals surface area contributed by atoms with Crippen molar-refractivity contribution in [1.82, 2.24) is 4.98 Å². The quantitative estimate of drug-likeness (QED) is 0.184. The van der Waals surface area contributed by atoms with Crippen LogP contribution in [-0.4, -0.2) is 4.98 Å². The highest BCUT2D eigenvalue weighted by atomic mass is 31.0. The summed E-state index contributed by atoms with van der Waals surface area (Å²) < 4.78 is 0. The van der Waals surface area contributed by atoms with Crippen molar-refractivity contribution in [2.24, 2.45) is 0 Å². The number of benzene rings is 6. The number of hydrogen-bond donors (Lipinski definition) is 0. The predicted molar refractivity (Wildman–Crippen MR) is 188 cm³/mol. The van der Waals surface area contributed by atoms with Crippen LogP contribution < -0.4 is 0 Å². The van der Waals surface area contributed by atoms with Crippen molar-refractivity contribution in [3.05, 3.63) is 133 Å². The summed E-state index contributed by atoms with van der Waals surface area (Å²) in [6.07, 6.45) is 0. The largest absolute Gasteiger partial charge is 0.247 e. The molecule has 0 aliphatic carbocycles.